The van der Waals surface area contributed by atoms with Crippen LogP contribution in [0.4, 0.5) is 0 Å². The molecule has 3 heterocycles. The van der Waals surface area contributed by atoms with Crippen LogP contribution in [0.5, 0.6) is 5.75 Å². The number of benzene rings is 1. The highest BCUT2D eigenvalue weighted by Crippen LogP contribution is 2.41. The minimum Gasteiger partial charge on any atom is -0.497 e. The molecular formula is C22H32N2O4. The first kappa shape index (κ1) is 19.7. The molecule has 1 aromatic rings. The number of carbonyl (C=O) groups excluding carboxylic acids is 1. The lowest BCUT2D eigenvalue weighted by Crippen LogP contribution is -2.65. The zero-order valence-electron chi connectivity index (χ0n) is 17.0. The molecular weight excluding hydrogens is 356 g/mol. The lowest BCUT2D eigenvalue weighted by molar-refractivity contribution is -0.178. The summed E-state index contributed by atoms with van der Waals surface area (Å²) in [6.45, 7) is 5.35. The van der Waals surface area contributed by atoms with Gasteiger partial charge in [0.25, 0.3) is 0 Å². The Morgan fingerprint density at radius 1 is 1.29 bits per heavy atom. The molecule has 1 amide bonds. The fourth-order valence-electron chi connectivity index (χ4n) is 5.05. The number of nitrogens with one attached hydrogen (secondary N) is 1. The van der Waals surface area contributed by atoms with Gasteiger partial charge < -0.3 is 24.8 Å². The van der Waals surface area contributed by atoms with Crippen LogP contribution in [0.25, 0.3) is 0 Å². The lowest BCUT2D eigenvalue weighted by Gasteiger charge is -2.50. The van der Waals surface area contributed by atoms with Crippen molar-refractivity contribution in [2.24, 2.45) is 5.41 Å². The summed E-state index contributed by atoms with van der Waals surface area (Å²) in [7, 11) is 1.67. The van der Waals surface area contributed by atoms with Crippen molar-refractivity contribution in [1.82, 2.24) is 10.2 Å². The molecule has 3 aliphatic heterocycles. The van der Waals surface area contributed by atoms with Gasteiger partial charge in [-0.05, 0) is 50.3 Å². The minimum absolute atomic E-state index is 0.242. The molecule has 154 valence electrons. The van der Waals surface area contributed by atoms with E-state index < -0.39 is 5.60 Å². The molecule has 0 aromatic heterocycles. The Hall–Kier alpha value is -1.63. The highest BCUT2D eigenvalue weighted by atomic mass is 16.5. The van der Waals surface area contributed by atoms with Crippen molar-refractivity contribution >= 4 is 5.91 Å². The molecule has 6 nitrogen and oxygen atoms in total. The van der Waals surface area contributed by atoms with Crippen LogP contribution in [0, 0.1) is 5.41 Å². The van der Waals surface area contributed by atoms with Gasteiger partial charge in [-0.15, -0.1) is 0 Å². The van der Waals surface area contributed by atoms with E-state index in [0.29, 0.717) is 32.5 Å². The number of hydrogen-bond acceptors (Lipinski definition) is 5. The van der Waals surface area contributed by atoms with Crippen LogP contribution in [0.2, 0.25) is 0 Å². The highest BCUT2D eigenvalue weighted by Gasteiger charge is 2.50. The first-order valence-corrected chi connectivity index (χ1v) is 10.3. The summed E-state index contributed by atoms with van der Waals surface area (Å²) in [5.41, 5.74) is -0.156. The molecule has 28 heavy (non-hydrogen) atoms. The van der Waals surface area contributed by atoms with E-state index in [1.165, 1.54) is 0 Å². The number of amides is 1. The van der Waals surface area contributed by atoms with Gasteiger partial charge in [-0.2, -0.15) is 0 Å². The number of methoxy groups -OCH3 is 1. The first-order valence-electron chi connectivity index (χ1n) is 10.3. The molecule has 3 saturated heterocycles. The molecule has 1 unspecified atom stereocenters. The molecule has 1 spiro atoms. The van der Waals surface area contributed by atoms with E-state index >= 15 is 0 Å². The molecule has 2 N–H and O–H groups in total. The molecule has 1 aromatic carbocycles. The average Bonchev–Trinajstić information content (AvgIpc) is 2.64. The van der Waals surface area contributed by atoms with Crippen LogP contribution in [0.3, 0.4) is 0 Å². The summed E-state index contributed by atoms with van der Waals surface area (Å²) in [4.78, 5) is 15.4. The Bertz CT molecular complexity index is 721. The molecule has 0 bridgehead atoms. The van der Waals surface area contributed by atoms with Gasteiger partial charge in [-0.3, -0.25) is 4.79 Å². The second-order valence-electron chi connectivity index (χ2n) is 9.16. The quantitative estimate of drug-likeness (QED) is 0.822. The van der Waals surface area contributed by atoms with Gasteiger partial charge in [-0.25, -0.2) is 0 Å². The van der Waals surface area contributed by atoms with E-state index in [1.807, 2.05) is 30.0 Å². The number of carbonyl (C=O) groups is 1. The van der Waals surface area contributed by atoms with E-state index in [4.69, 9.17) is 9.47 Å². The van der Waals surface area contributed by atoms with Gasteiger partial charge in [0.05, 0.1) is 30.3 Å². The Balaban J connectivity index is 1.42. The molecule has 4 rings (SSSR count). The predicted molar refractivity (Wildman–Crippen MR) is 106 cm³/mol. The summed E-state index contributed by atoms with van der Waals surface area (Å²) in [5, 5.41) is 13.8. The van der Waals surface area contributed by atoms with Gasteiger partial charge in [0, 0.05) is 32.6 Å². The second-order valence-corrected chi connectivity index (χ2v) is 9.16. The standard InChI is InChI=1S/C22H32N2O4/c1-20(26)8-11-28-22(14-20)6-9-24(10-7-22)19(25)21(15-23-16-21)13-17-4-3-5-18(12-17)27-2/h3-5,12,23,26H,6-11,13-16H2,1-2H3. The Labute approximate surface area is 167 Å². The Kier molecular flexibility index (Phi) is 5.14. The summed E-state index contributed by atoms with van der Waals surface area (Å²) < 4.78 is 11.4. The third-order valence-electron chi connectivity index (χ3n) is 6.77. The topological polar surface area (TPSA) is 71.0 Å². The van der Waals surface area contributed by atoms with Gasteiger partial charge in [0.15, 0.2) is 0 Å². The number of likely N-dealkylation sites (tertiary alicyclic amines) is 1. The number of ether oxygens (including phenoxy) is 2. The van der Waals surface area contributed by atoms with Crippen molar-refractivity contribution in [3.63, 3.8) is 0 Å². The fraction of sp³-hybridized carbons (Fsp3) is 0.682. The Morgan fingerprint density at radius 3 is 2.64 bits per heavy atom. The molecule has 0 saturated carbocycles. The van der Waals surface area contributed by atoms with Gasteiger partial charge in [0.2, 0.25) is 5.91 Å². The van der Waals surface area contributed by atoms with Gasteiger partial charge in [0.1, 0.15) is 5.75 Å². The normalized spacial score (nSPS) is 28.6. The first-order chi connectivity index (χ1) is 13.4. The minimum atomic E-state index is -0.657. The zero-order valence-corrected chi connectivity index (χ0v) is 17.0. The van der Waals surface area contributed by atoms with Crippen LogP contribution in [-0.2, 0) is 16.0 Å². The van der Waals surface area contributed by atoms with Crippen molar-refractivity contribution < 1.29 is 19.4 Å². The summed E-state index contributed by atoms with van der Waals surface area (Å²) in [6, 6.07) is 8.01. The largest absolute Gasteiger partial charge is 0.497 e. The number of aliphatic hydroxyl groups is 1. The predicted octanol–water partition coefficient (Wildman–Crippen LogP) is 1.75. The van der Waals surface area contributed by atoms with Crippen LogP contribution < -0.4 is 10.1 Å². The maximum atomic E-state index is 13.4. The third-order valence-corrected chi connectivity index (χ3v) is 6.77. The van der Waals surface area contributed by atoms with E-state index in [9.17, 15) is 9.90 Å². The van der Waals surface area contributed by atoms with E-state index in [0.717, 1.165) is 43.7 Å². The van der Waals surface area contributed by atoms with Crippen molar-refractivity contribution in [3.8, 4) is 5.75 Å². The summed E-state index contributed by atoms with van der Waals surface area (Å²) in [6.07, 6.45) is 3.68. The SMILES string of the molecule is COc1cccc(CC2(C(=O)N3CCC4(CC3)CC(C)(O)CCO4)CNC2)c1. The number of nitrogens with zero attached hydrogens (tertiary/aromatic N) is 1. The monoisotopic (exact) mass is 388 g/mol. The number of hydrogen-bond donors (Lipinski definition) is 2. The van der Waals surface area contributed by atoms with Gasteiger partial charge in [-0.1, -0.05) is 12.1 Å². The van der Waals surface area contributed by atoms with E-state index in [2.05, 4.69) is 11.4 Å². The van der Waals surface area contributed by atoms with Crippen molar-refractivity contribution in [3.05, 3.63) is 29.8 Å². The maximum Gasteiger partial charge on any atom is 0.231 e. The maximum absolute atomic E-state index is 13.4. The highest BCUT2D eigenvalue weighted by molar-refractivity contribution is 5.85. The second kappa shape index (κ2) is 7.32. The number of rotatable bonds is 4. The summed E-state index contributed by atoms with van der Waals surface area (Å²) >= 11 is 0. The summed E-state index contributed by atoms with van der Waals surface area (Å²) in [5.74, 6) is 1.07. The van der Waals surface area contributed by atoms with Crippen molar-refractivity contribution in [2.45, 2.75) is 50.2 Å². The van der Waals surface area contributed by atoms with Crippen molar-refractivity contribution in [1.29, 1.82) is 0 Å². The molecule has 3 fully saturated rings. The average molecular weight is 389 g/mol. The van der Waals surface area contributed by atoms with Crippen LogP contribution in [0.1, 0.15) is 38.2 Å². The molecule has 0 aliphatic carbocycles. The zero-order chi connectivity index (χ0) is 19.8. The van der Waals surface area contributed by atoms with Crippen LogP contribution in [0.15, 0.2) is 24.3 Å². The molecule has 3 aliphatic rings. The Morgan fingerprint density at radius 2 is 2.04 bits per heavy atom. The van der Waals surface area contributed by atoms with Crippen molar-refractivity contribution in [2.75, 3.05) is 39.9 Å². The van der Waals surface area contributed by atoms with Crippen LogP contribution in [-0.4, -0.2) is 67.0 Å². The fourth-order valence-corrected chi connectivity index (χ4v) is 5.05. The van der Waals surface area contributed by atoms with Crippen LogP contribution >= 0.6 is 0 Å². The molecule has 1 atom stereocenters. The smallest absolute Gasteiger partial charge is 0.231 e. The molecule has 0 radical (unpaired) electrons. The van der Waals surface area contributed by atoms with E-state index in [-0.39, 0.29) is 16.9 Å². The van der Waals surface area contributed by atoms with E-state index in [1.54, 1.807) is 7.11 Å². The lowest BCUT2D eigenvalue weighted by atomic mass is 9.73. The molecule has 6 heteroatoms. The van der Waals surface area contributed by atoms with Gasteiger partial charge >= 0.3 is 0 Å². The number of piperidine rings is 1. The third kappa shape index (κ3) is 3.78.